The largest absolute Gasteiger partial charge is 0.353 e. The van der Waals surface area contributed by atoms with Crippen LogP contribution in [0.2, 0.25) is 0 Å². The third kappa shape index (κ3) is 4.31. The lowest BCUT2D eigenvalue weighted by molar-refractivity contribution is -0.131. The quantitative estimate of drug-likeness (QED) is 0.810. The average Bonchev–Trinajstić information content (AvgIpc) is 2.96. The van der Waals surface area contributed by atoms with Crippen LogP contribution in [-0.4, -0.2) is 25.0 Å². The van der Waals surface area contributed by atoms with Gasteiger partial charge in [-0.05, 0) is 44.7 Å². The molecular weight excluding hydrogens is 260 g/mol. The monoisotopic (exact) mass is 288 g/mol. The molecule has 0 aromatic heterocycles. The molecule has 0 spiro atoms. The van der Waals surface area contributed by atoms with Crippen LogP contribution in [0.15, 0.2) is 30.3 Å². The van der Waals surface area contributed by atoms with E-state index in [0.717, 1.165) is 45.2 Å². The van der Waals surface area contributed by atoms with Gasteiger partial charge in [-0.3, -0.25) is 4.79 Å². The number of carbonyl (C=O) groups excluding carboxylic acids is 1. The van der Waals surface area contributed by atoms with Crippen molar-refractivity contribution in [3.8, 4) is 0 Å². The van der Waals surface area contributed by atoms with Crippen molar-refractivity contribution in [2.75, 3.05) is 13.1 Å². The van der Waals surface area contributed by atoms with Gasteiger partial charge in [0.05, 0.1) is 5.41 Å². The summed E-state index contributed by atoms with van der Waals surface area (Å²) in [7, 11) is 0. The van der Waals surface area contributed by atoms with E-state index < -0.39 is 0 Å². The standard InChI is InChI=1S/C18H28N2O/c1-3-11-18(12-13-19-14-18)17(21)20-15(2)9-10-16-7-5-4-6-8-16/h4-8,15,19H,3,9-14H2,1-2H3,(H,20,21). The van der Waals surface area contributed by atoms with Crippen LogP contribution in [0.1, 0.15) is 45.1 Å². The van der Waals surface area contributed by atoms with Crippen LogP contribution in [0.4, 0.5) is 0 Å². The SMILES string of the molecule is CCCC1(C(=O)NC(C)CCc2ccccc2)CCNC1. The average molecular weight is 288 g/mol. The van der Waals surface area contributed by atoms with Crippen LogP contribution in [0.5, 0.6) is 0 Å². The first kappa shape index (κ1) is 16.0. The predicted molar refractivity (Wildman–Crippen MR) is 87.2 cm³/mol. The van der Waals surface area contributed by atoms with E-state index in [1.165, 1.54) is 5.56 Å². The van der Waals surface area contributed by atoms with Gasteiger partial charge in [-0.1, -0.05) is 43.7 Å². The number of nitrogens with one attached hydrogen (secondary N) is 2. The first-order valence-electron chi connectivity index (χ1n) is 8.22. The normalized spacial score (nSPS) is 23.0. The molecule has 1 fully saturated rings. The first-order chi connectivity index (χ1) is 10.2. The van der Waals surface area contributed by atoms with Gasteiger partial charge in [0.1, 0.15) is 0 Å². The Morgan fingerprint density at radius 2 is 2.14 bits per heavy atom. The van der Waals surface area contributed by atoms with Gasteiger partial charge in [0.2, 0.25) is 5.91 Å². The van der Waals surface area contributed by atoms with Crippen LogP contribution in [-0.2, 0) is 11.2 Å². The maximum Gasteiger partial charge on any atom is 0.227 e. The Morgan fingerprint density at radius 1 is 1.38 bits per heavy atom. The molecule has 116 valence electrons. The lowest BCUT2D eigenvalue weighted by Gasteiger charge is -2.28. The molecule has 1 heterocycles. The molecule has 1 saturated heterocycles. The minimum atomic E-state index is -0.171. The summed E-state index contributed by atoms with van der Waals surface area (Å²) < 4.78 is 0. The zero-order chi connectivity index (χ0) is 15.1. The van der Waals surface area contributed by atoms with Gasteiger partial charge >= 0.3 is 0 Å². The molecule has 1 aromatic carbocycles. The molecule has 3 nitrogen and oxygen atoms in total. The second kappa shape index (κ2) is 7.60. The van der Waals surface area contributed by atoms with Gasteiger partial charge in [-0.2, -0.15) is 0 Å². The van der Waals surface area contributed by atoms with Gasteiger partial charge in [0, 0.05) is 12.6 Å². The fourth-order valence-electron chi connectivity index (χ4n) is 3.22. The number of aryl methyl sites for hydroxylation is 1. The van der Waals surface area contributed by atoms with Crippen LogP contribution in [0.25, 0.3) is 0 Å². The molecule has 1 aliphatic rings. The number of hydrogen-bond donors (Lipinski definition) is 2. The Morgan fingerprint density at radius 3 is 2.76 bits per heavy atom. The van der Waals surface area contributed by atoms with E-state index >= 15 is 0 Å². The minimum Gasteiger partial charge on any atom is -0.353 e. The lowest BCUT2D eigenvalue weighted by Crippen LogP contribution is -2.46. The lowest BCUT2D eigenvalue weighted by atomic mass is 9.81. The molecule has 3 heteroatoms. The molecular formula is C18H28N2O. The Labute approximate surface area is 128 Å². The highest BCUT2D eigenvalue weighted by molar-refractivity contribution is 5.83. The van der Waals surface area contributed by atoms with Gasteiger partial charge in [0.15, 0.2) is 0 Å². The summed E-state index contributed by atoms with van der Waals surface area (Å²) in [5.74, 6) is 0.245. The van der Waals surface area contributed by atoms with Crippen LogP contribution >= 0.6 is 0 Å². The fourth-order valence-corrected chi connectivity index (χ4v) is 3.22. The molecule has 21 heavy (non-hydrogen) atoms. The summed E-state index contributed by atoms with van der Waals surface area (Å²) in [6.45, 7) is 6.07. The number of carbonyl (C=O) groups is 1. The Hall–Kier alpha value is -1.35. The summed E-state index contributed by atoms with van der Waals surface area (Å²) in [6, 6.07) is 10.7. The van der Waals surface area contributed by atoms with Crippen molar-refractivity contribution in [1.29, 1.82) is 0 Å². The molecule has 1 aliphatic heterocycles. The van der Waals surface area contributed by atoms with Gasteiger partial charge in [-0.25, -0.2) is 0 Å². The number of hydrogen-bond acceptors (Lipinski definition) is 2. The second-order valence-corrected chi connectivity index (χ2v) is 6.36. The fraction of sp³-hybridized carbons (Fsp3) is 0.611. The Kier molecular flexibility index (Phi) is 5.80. The van der Waals surface area contributed by atoms with E-state index in [1.54, 1.807) is 0 Å². The van der Waals surface area contributed by atoms with E-state index in [4.69, 9.17) is 0 Å². The van der Waals surface area contributed by atoms with Crippen molar-refractivity contribution in [3.05, 3.63) is 35.9 Å². The Bertz CT molecular complexity index is 438. The molecule has 1 amide bonds. The molecule has 1 aromatic rings. The molecule has 2 atom stereocenters. The summed E-state index contributed by atoms with van der Waals surface area (Å²) in [5, 5.41) is 6.59. The summed E-state index contributed by atoms with van der Waals surface area (Å²) in [6.07, 6.45) is 5.02. The Balaban J connectivity index is 1.83. The van der Waals surface area contributed by atoms with Gasteiger partial charge in [-0.15, -0.1) is 0 Å². The highest BCUT2D eigenvalue weighted by atomic mass is 16.2. The zero-order valence-electron chi connectivity index (χ0n) is 13.3. The van der Waals surface area contributed by atoms with Crippen molar-refractivity contribution in [3.63, 3.8) is 0 Å². The van der Waals surface area contributed by atoms with Crippen molar-refractivity contribution in [2.45, 2.75) is 52.0 Å². The minimum absolute atomic E-state index is 0.171. The zero-order valence-corrected chi connectivity index (χ0v) is 13.3. The van der Waals surface area contributed by atoms with Crippen molar-refractivity contribution >= 4 is 5.91 Å². The van der Waals surface area contributed by atoms with E-state index in [9.17, 15) is 4.79 Å². The van der Waals surface area contributed by atoms with Crippen molar-refractivity contribution in [2.24, 2.45) is 5.41 Å². The number of benzene rings is 1. The highest BCUT2D eigenvalue weighted by Crippen LogP contribution is 2.31. The van der Waals surface area contributed by atoms with E-state index in [1.807, 2.05) is 6.07 Å². The molecule has 2 N–H and O–H groups in total. The third-order valence-electron chi connectivity index (χ3n) is 4.54. The summed E-state index contributed by atoms with van der Waals surface area (Å²) >= 11 is 0. The van der Waals surface area contributed by atoms with Crippen LogP contribution in [0.3, 0.4) is 0 Å². The van der Waals surface area contributed by atoms with Crippen molar-refractivity contribution in [1.82, 2.24) is 10.6 Å². The van der Waals surface area contributed by atoms with Crippen LogP contribution < -0.4 is 10.6 Å². The molecule has 0 aliphatic carbocycles. The topological polar surface area (TPSA) is 41.1 Å². The summed E-state index contributed by atoms with van der Waals surface area (Å²) in [5.41, 5.74) is 1.17. The third-order valence-corrected chi connectivity index (χ3v) is 4.54. The molecule has 2 rings (SSSR count). The molecule has 0 radical (unpaired) electrons. The summed E-state index contributed by atoms with van der Waals surface area (Å²) in [4.78, 5) is 12.6. The van der Waals surface area contributed by atoms with Gasteiger partial charge < -0.3 is 10.6 Å². The highest BCUT2D eigenvalue weighted by Gasteiger charge is 2.40. The second-order valence-electron chi connectivity index (χ2n) is 6.36. The number of rotatable bonds is 7. The van der Waals surface area contributed by atoms with E-state index in [0.29, 0.717) is 0 Å². The molecule has 0 bridgehead atoms. The maximum absolute atomic E-state index is 12.6. The number of amides is 1. The predicted octanol–water partition coefficient (Wildman–Crippen LogP) is 2.90. The molecule has 0 saturated carbocycles. The van der Waals surface area contributed by atoms with Crippen LogP contribution in [0, 0.1) is 5.41 Å². The van der Waals surface area contributed by atoms with E-state index in [2.05, 4.69) is 48.7 Å². The maximum atomic E-state index is 12.6. The van der Waals surface area contributed by atoms with Gasteiger partial charge in [0.25, 0.3) is 0 Å². The van der Waals surface area contributed by atoms with E-state index in [-0.39, 0.29) is 17.4 Å². The first-order valence-corrected chi connectivity index (χ1v) is 8.22. The van der Waals surface area contributed by atoms with Crippen molar-refractivity contribution < 1.29 is 4.79 Å². The smallest absolute Gasteiger partial charge is 0.227 e. The molecule has 2 unspecified atom stereocenters.